The van der Waals surface area contributed by atoms with Gasteiger partial charge in [0.05, 0.1) is 19.8 Å². The molecule has 2 N–H and O–H groups in total. The number of hydrogen-bond donors (Lipinski definition) is 2. The average molecular weight is 1020 g/mol. The van der Waals surface area contributed by atoms with Crippen molar-refractivity contribution in [2.24, 2.45) is 0 Å². The lowest BCUT2D eigenvalue weighted by Gasteiger charge is -2.21. The number of carbonyl (C=O) groups excluding carboxylic acids is 3. The van der Waals surface area contributed by atoms with Gasteiger partial charge in [0.2, 0.25) is 0 Å². The average Bonchev–Trinajstić information content (AvgIpc) is 3.37. The van der Waals surface area contributed by atoms with Gasteiger partial charge in [-0.25, -0.2) is 4.57 Å². The highest BCUT2D eigenvalue weighted by Crippen LogP contribution is 2.43. The van der Waals surface area contributed by atoms with E-state index < -0.39 is 64.4 Å². The Labute approximate surface area is 434 Å². The van der Waals surface area contributed by atoms with Crippen molar-refractivity contribution in [1.29, 1.82) is 0 Å². The number of unbranched alkanes of at least 4 members (excludes halogenated alkanes) is 3. The van der Waals surface area contributed by atoms with Crippen LogP contribution >= 0.6 is 7.82 Å². The van der Waals surface area contributed by atoms with Crippen LogP contribution in [0.4, 0.5) is 0 Å². The number of aliphatic hydroxyl groups is 1. The summed E-state index contributed by atoms with van der Waals surface area (Å²) in [5, 5.41) is 9.77. The second-order valence-corrected chi connectivity index (χ2v) is 18.0. The number of carbonyl (C=O) groups is 3. The molecule has 0 amide bonds. The Morgan fingerprint density at radius 1 is 0.389 bits per heavy atom. The maximum absolute atomic E-state index is 12.9. The second kappa shape index (κ2) is 52.4. The number of aliphatic hydroxyl groups excluding tert-OH is 1. The summed E-state index contributed by atoms with van der Waals surface area (Å²) in [6, 6.07) is 0. The first-order valence-corrected chi connectivity index (χ1v) is 27.9. The van der Waals surface area contributed by atoms with E-state index in [0.29, 0.717) is 25.7 Å². The Hall–Kier alpha value is -4.90. The monoisotopic (exact) mass is 1020 g/mol. The summed E-state index contributed by atoms with van der Waals surface area (Å²) in [6.07, 6.45) is 68.2. The highest BCUT2D eigenvalue weighted by Gasteiger charge is 2.28. The number of allylic oxidation sites excluding steroid dienone is 26. The topological polar surface area (TPSA) is 155 Å². The van der Waals surface area contributed by atoms with Crippen LogP contribution in [0.15, 0.2) is 158 Å². The lowest BCUT2D eigenvalue weighted by molar-refractivity contribution is -0.161. The molecule has 402 valence electrons. The number of hydrogen-bond acceptors (Lipinski definition) is 10. The molecule has 0 aromatic heterocycles. The Balaban J connectivity index is 4.99. The fourth-order valence-electron chi connectivity index (χ4n) is 6.05. The maximum Gasteiger partial charge on any atom is 0.472 e. The van der Waals surface area contributed by atoms with Crippen molar-refractivity contribution in [2.45, 2.75) is 174 Å². The van der Waals surface area contributed by atoms with Gasteiger partial charge in [0.25, 0.3) is 0 Å². The van der Waals surface area contributed by atoms with Gasteiger partial charge in [0.1, 0.15) is 12.7 Å². The van der Waals surface area contributed by atoms with E-state index in [9.17, 15) is 28.9 Å². The third kappa shape index (κ3) is 50.1. The first-order valence-electron chi connectivity index (χ1n) is 26.4. The standard InChI is InChI=1S/C60H91O11P/c1-4-7-10-13-16-19-22-25-26-27-28-29-30-33-36-39-42-45-48-51-60(64)71-57(53-67-58(62)49-46-43-40-37-34-31-23-20-17-14-11-8-5-2)55-69-72(65,66)68-54-56(52-61)70-59(63)50-47-44-41-38-35-32-24-21-18-15-12-9-6-3/h7-12,16-21,25-26,28-29,31-36,40,42-43,45,56-57,61H,4-6,13-15,22-24,27,30,37-39,41,44,46-55H2,1-3H3,(H,65,66)/b10-7-,11-8-,12-9-,19-16-,20-17-,21-18-,26-25-,29-28-,34-31-,35-32-,36-33-,43-40-,45-42-. The molecule has 72 heavy (non-hydrogen) atoms. The molecule has 0 bridgehead atoms. The van der Waals surface area contributed by atoms with Crippen LogP contribution in [-0.4, -0.2) is 66.5 Å². The van der Waals surface area contributed by atoms with Gasteiger partial charge < -0.3 is 24.2 Å². The predicted octanol–water partition coefficient (Wildman–Crippen LogP) is 15.4. The van der Waals surface area contributed by atoms with Crippen LogP contribution in [0.2, 0.25) is 0 Å². The van der Waals surface area contributed by atoms with E-state index in [2.05, 4.69) is 148 Å². The zero-order valence-electron chi connectivity index (χ0n) is 44.1. The van der Waals surface area contributed by atoms with E-state index >= 15 is 0 Å². The normalized spacial score (nSPS) is 14.7. The largest absolute Gasteiger partial charge is 0.472 e. The van der Waals surface area contributed by atoms with Crippen LogP contribution in [0.25, 0.3) is 0 Å². The van der Waals surface area contributed by atoms with Gasteiger partial charge in [-0.2, -0.15) is 0 Å². The van der Waals surface area contributed by atoms with Crippen LogP contribution in [0.1, 0.15) is 162 Å². The highest BCUT2D eigenvalue weighted by atomic mass is 31.2. The molecule has 0 aromatic rings. The smallest absolute Gasteiger partial charge is 0.462 e. The Kier molecular flexibility index (Phi) is 48.9. The Morgan fingerprint density at radius 3 is 1.10 bits per heavy atom. The Morgan fingerprint density at radius 2 is 0.708 bits per heavy atom. The summed E-state index contributed by atoms with van der Waals surface area (Å²) in [4.78, 5) is 48.3. The molecule has 0 fully saturated rings. The van der Waals surface area contributed by atoms with Crippen molar-refractivity contribution >= 4 is 25.7 Å². The van der Waals surface area contributed by atoms with Gasteiger partial charge in [-0.3, -0.25) is 23.4 Å². The van der Waals surface area contributed by atoms with Crippen molar-refractivity contribution in [1.82, 2.24) is 0 Å². The molecule has 0 aromatic carbocycles. The van der Waals surface area contributed by atoms with Gasteiger partial charge in [-0.1, -0.05) is 185 Å². The molecule has 0 spiro atoms. The summed E-state index contributed by atoms with van der Waals surface area (Å²) >= 11 is 0. The zero-order valence-corrected chi connectivity index (χ0v) is 45.0. The van der Waals surface area contributed by atoms with E-state index in [0.717, 1.165) is 96.3 Å². The number of rotatable bonds is 46. The molecule has 0 heterocycles. The highest BCUT2D eigenvalue weighted by molar-refractivity contribution is 7.47. The first-order chi connectivity index (χ1) is 35.2. The third-order valence-electron chi connectivity index (χ3n) is 9.95. The minimum Gasteiger partial charge on any atom is -0.462 e. The lowest BCUT2D eigenvalue weighted by Crippen LogP contribution is -2.30. The number of phosphoric acid groups is 1. The molecule has 12 heteroatoms. The van der Waals surface area contributed by atoms with E-state index in [1.807, 2.05) is 30.4 Å². The summed E-state index contributed by atoms with van der Waals surface area (Å²) in [6.45, 7) is 4.04. The van der Waals surface area contributed by atoms with Crippen molar-refractivity contribution in [2.75, 3.05) is 26.4 Å². The van der Waals surface area contributed by atoms with Crippen molar-refractivity contribution in [3.63, 3.8) is 0 Å². The molecule has 0 radical (unpaired) electrons. The molecule has 3 atom stereocenters. The van der Waals surface area contributed by atoms with E-state index in [-0.39, 0.29) is 19.3 Å². The number of phosphoric ester groups is 1. The fourth-order valence-corrected chi connectivity index (χ4v) is 6.84. The molecule has 0 saturated heterocycles. The SMILES string of the molecule is CC/C=C\C/C=C\C/C=C\C/C=C\C/C=C\C/C=C\CCC(=O)OC(COC(=O)CC/C=C\C/C=C\C/C=C\C/C=C\CC)COP(=O)(O)OCC(CO)OC(=O)CCCCC/C=C\C/C=C\C/C=C\CC. The van der Waals surface area contributed by atoms with E-state index in [1.165, 1.54) is 0 Å². The lowest BCUT2D eigenvalue weighted by atomic mass is 10.1. The van der Waals surface area contributed by atoms with Crippen LogP contribution in [-0.2, 0) is 42.2 Å². The van der Waals surface area contributed by atoms with E-state index in [1.54, 1.807) is 0 Å². The molecule has 3 unspecified atom stereocenters. The fraction of sp³-hybridized carbons (Fsp3) is 0.517. The van der Waals surface area contributed by atoms with Crippen molar-refractivity contribution in [3.8, 4) is 0 Å². The van der Waals surface area contributed by atoms with Crippen LogP contribution in [0, 0.1) is 0 Å². The summed E-state index contributed by atoms with van der Waals surface area (Å²) in [7, 11) is -4.80. The quantitative estimate of drug-likeness (QED) is 0.0197. The summed E-state index contributed by atoms with van der Waals surface area (Å²) in [5.41, 5.74) is 0. The number of esters is 3. The molecular weight excluding hydrogens is 928 g/mol. The van der Waals surface area contributed by atoms with E-state index in [4.69, 9.17) is 23.3 Å². The third-order valence-corrected chi connectivity index (χ3v) is 10.9. The predicted molar refractivity (Wildman–Crippen MR) is 297 cm³/mol. The first kappa shape index (κ1) is 67.1. The van der Waals surface area contributed by atoms with Crippen LogP contribution in [0.3, 0.4) is 0 Å². The molecule has 0 aliphatic rings. The molecule has 11 nitrogen and oxygen atoms in total. The van der Waals surface area contributed by atoms with Gasteiger partial charge in [0.15, 0.2) is 6.10 Å². The van der Waals surface area contributed by atoms with Crippen molar-refractivity contribution in [3.05, 3.63) is 158 Å². The second-order valence-electron chi connectivity index (χ2n) is 16.5. The van der Waals surface area contributed by atoms with Gasteiger partial charge in [-0.15, -0.1) is 0 Å². The summed E-state index contributed by atoms with van der Waals surface area (Å²) < 4.78 is 39.2. The molecule has 0 aliphatic heterocycles. The van der Waals surface area contributed by atoms with Crippen molar-refractivity contribution < 1.29 is 52.2 Å². The molecule has 0 aliphatic carbocycles. The van der Waals surface area contributed by atoms with Gasteiger partial charge in [0, 0.05) is 19.3 Å². The Bertz CT molecular complexity index is 1810. The molecule has 0 saturated carbocycles. The summed E-state index contributed by atoms with van der Waals surface area (Å²) in [5.74, 6) is -1.72. The molecule has 0 rings (SSSR count). The van der Waals surface area contributed by atoms with Gasteiger partial charge >= 0.3 is 25.7 Å². The minimum absolute atomic E-state index is 0.0156. The minimum atomic E-state index is -4.80. The maximum atomic E-state index is 12.9. The number of ether oxygens (including phenoxy) is 3. The van der Waals surface area contributed by atoms with Crippen LogP contribution < -0.4 is 0 Å². The van der Waals surface area contributed by atoms with Gasteiger partial charge in [-0.05, 0) is 116 Å². The molecular formula is C60H91O11P. The van der Waals surface area contributed by atoms with Crippen LogP contribution in [0.5, 0.6) is 0 Å². The zero-order chi connectivity index (χ0) is 52.7.